The molecule has 1 saturated carbocycles. The standard InChI is InChI=1S/C15H23N3O2S/c1-11-7-8-12(21-11)13(19)17-15(14(16)18-20)9-5-3-2-4-6-10-15/h7-8,20H,2-6,9-10H2,1H3,(H2,16,18)(H,17,19). The Bertz CT molecular complexity index is 517. The maximum atomic E-state index is 12.5. The van der Waals surface area contributed by atoms with E-state index >= 15 is 0 Å². The first kappa shape index (κ1) is 15.8. The first-order valence-electron chi connectivity index (χ1n) is 7.44. The number of hydrogen-bond acceptors (Lipinski definition) is 4. The van der Waals surface area contributed by atoms with Gasteiger partial charge in [0.15, 0.2) is 5.84 Å². The lowest BCUT2D eigenvalue weighted by Gasteiger charge is -2.35. The van der Waals surface area contributed by atoms with Crippen molar-refractivity contribution >= 4 is 23.1 Å². The topological polar surface area (TPSA) is 87.7 Å². The maximum absolute atomic E-state index is 12.5. The second-order valence-corrected chi connectivity index (χ2v) is 6.99. The van der Waals surface area contributed by atoms with Gasteiger partial charge in [-0.25, -0.2) is 0 Å². The molecule has 5 nitrogen and oxygen atoms in total. The Labute approximate surface area is 129 Å². The van der Waals surface area contributed by atoms with Gasteiger partial charge in [-0.05, 0) is 31.9 Å². The summed E-state index contributed by atoms with van der Waals surface area (Å²) in [5.41, 5.74) is 5.21. The Morgan fingerprint density at radius 2 is 1.90 bits per heavy atom. The van der Waals surface area contributed by atoms with E-state index in [4.69, 9.17) is 10.9 Å². The fourth-order valence-corrected chi connectivity index (χ4v) is 3.65. The van der Waals surface area contributed by atoms with E-state index in [1.54, 1.807) is 0 Å². The Kier molecular flexibility index (Phi) is 5.22. The van der Waals surface area contributed by atoms with Gasteiger partial charge in [-0.3, -0.25) is 4.79 Å². The lowest BCUT2D eigenvalue weighted by atomic mass is 9.82. The van der Waals surface area contributed by atoms with E-state index in [1.807, 2.05) is 19.1 Å². The number of aryl methyl sites for hydroxylation is 1. The summed E-state index contributed by atoms with van der Waals surface area (Å²) < 4.78 is 0. The van der Waals surface area contributed by atoms with Crippen molar-refractivity contribution in [1.29, 1.82) is 0 Å². The summed E-state index contributed by atoms with van der Waals surface area (Å²) in [4.78, 5) is 14.2. The Balaban J connectivity index is 2.20. The van der Waals surface area contributed by atoms with Gasteiger partial charge < -0.3 is 16.3 Å². The van der Waals surface area contributed by atoms with Gasteiger partial charge >= 0.3 is 0 Å². The quantitative estimate of drug-likeness (QED) is 0.347. The van der Waals surface area contributed by atoms with E-state index in [-0.39, 0.29) is 11.7 Å². The molecule has 0 unspecified atom stereocenters. The Hall–Kier alpha value is -1.56. The minimum Gasteiger partial charge on any atom is -0.409 e. The molecule has 1 aromatic rings. The molecule has 0 saturated heterocycles. The van der Waals surface area contributed by atoms with Crippen molar-refractivity contribution in [1.82, 2.24) is 5.32 Å². The average Bonchev–Trinajstić information content (AvgIpc) is 2.88. The van der Waals surface area contributed by atoms with Gasteiger partial charge in [-0.2, -0.15) is 0 Å². The van der Waals surface area contributed by atoms with E-state index in [9.17, 15) is 4.79 Å². The van der Waals surface area contributed by atoms with Crippen molar-refractivity contribution in [2.75, 3.05) is 0 Å². The number of amides is 1. The normalized spacial score (nSPS) is 19.6. The molecule has 0 aromatic carbocycles. The molecule has 0 atom stereocenters. The molecule has 1 aromatic heterocycles. The number of nitrogens with zero attached hydrogens (tertiary/aromatic N) is 1. The summed E-state index contributed by atoms with van der Waals surface area (Å²) >= 11 is 1.46. The lowest BCUT2D eigenvalue weighted by molar-refractivity contribution is 0.0914. The van der Waals surface area contributed by atoms with Crippen molar-refractivity contribution in [3.8, 4) is 0 Å². The number of carbonyl (C=O) groups is 1. The molecule has 4 N–H and O–H groups in total. The summed E-state index contributed by atoms with van der Waals surface area (Å²) in [5.74, 6) is -0.0219. The van der Waals surface area contributed by atoms with E-state index in [1.165, 1.54) is 17.8 Å². The van der Waals surface area contributed by atoms with Crippen molar-refractivity contribution in [3.05, 3.63) is 21.9 Å². The van der Waals surface area contributed by atoms with Crippen LogP contribution in [0.4, 0.5) is 0 Å². The predicted molar refractivity (Wildman–Crippen MR) is 85.0 cm³/mol. The highest BCUT2D eigenvalue weighted by Gasteiger charge is 2.37. The van der Waals surface area contributed by atoms with Crippen molar-refractivity contribution in [2.24, 2.45) is 10.9 Å². The highest BCUT2D eigenvalue weighted by Crippen LogP contribution is 2.28. The zero-order valence-corrected chi connectivity index (χ0v) is 13.2. The molecule has 1 fully saturated rings. The molecule has 2 rings (SSSR count). The third-order valence-electron chi connectivity index (χ3n) is 4.12. The van der Waals surface area contributed by atoms with E-state index in [0.717, 1.165) is 43.4 Å². The molecular weight excluding hydrogens is 286 g/mol. The molecule has 0 aliphatic heterocycles. The summed E-state index contributed by atoms with van der Waals surface area (Å²) in [6, 6.07) is 3.74. The maximum Gasteiger partial charge on any atom is 0.262 e. The molecule has 0 bridgehead atoms. The highest BCUT2D eigenvalue weighted by atomic mass is 32.1. The van der Waals surface area contributed by atoms with Crippen molar-refractivity contribution < 1.29 is 10.0 Å². The van der Waals surface area contributed by atoms with Crippen LogP contribution in [0.3, 0.4) is 0 Å². The number of amidine groups is 1. The van der Waals surface area contributed by atoms with Gasteiger partial charge in [0.2, 0.25) is 0 Å². The second kappa shape index (κ2) is 6.93. The largest absolute Gasteiger partial charge is 0.409 e. The second-order valence-electron chi connectivity index (χ2n) is 5.70. The zero-order valence-electron chi connectivity index (χ0n) is 12.4. The number of rotatable bonds is 3. The van der Waals surface area contributed by atoms with Gasteiger partial charge in [0.05, 0.1) is 4.88 Å². The number of thiophene rings is 1. The van der Waals surface area contributed by atoms with Crippen LogP contribution in [0.1, 0.15) is 59.5 Å². The van der Waals surface area contributed by atoms with Crippen LogP contribution in [0.25, 0.3) is 0 Å². The molecule has 0 radical (unpaired) electrons. The molecule has 116 valence electrons. The Morgan fingerprint density at radius 1 is 1.29 bits per heavy atom. The monoisotopic (exact) mass is 309 g/mol. The van der Waals surface area contributed by atoms with E-state index in [0.29, 0.717) is 4.88 Å². The molecule has 1 aliphatic rings. The molecule has 1 amide bonds. The average molecular weight is 309 g/mol. The number of nitrogens with one attached hydrogen (secondary N) is 1. The van der Waals surface area contributed by atoms with Crippen LogP contribution >= 0.6 is 11.3 Å². The first-order chi connectivity index (χ1) is 10.1. The molecule has 1 heterocycles. The summed E-state index contributed by atoms with van der Waals surface area (Å²) in [7, 11) is 0. The first-order valence-corrected chi connectivity index (χ1v) is 8.26. The van der Waals surface area contributed by atoms with Gasteiger partial charge in [0.1, 0.15) is 5.54 Å². The number of oxime groups is 1. The fourth-order valence-electron chi connectivity index (χ4n) is 2.89. The van der Waals surface area contributed by atoms with Crippen LogP contribution in [0.15, 0.2) is 17.3 Å². The van der Waals surface area contributed by atoms with Crippen molar-refractivity contribution in [3.63, 3.8) is 0 Å². The van der Waals surface area contributed by atoms with E-state index < -0.39 is 5.54 Å². The van der Waals surface area contributed by atoms with Gasteiger partial charge in [0, 0.05) is 4.88 Å². The van der Waals surface area contributed by atoms with Gasteiger partial charge in [-0.1, -0.05) is 37.3 Å². The minimum absolute atomic E-state index is 0.117. The lowest BCUT2D eigenvalue weighted by Crippen LogP contribution is -2.57. The Morgan fingerprint density at radius 3 is 2.43 bits per heavy atom. The predicted octanol–water partition coefficient (Wildman–Crippen LogP) is 3.02. The molecule has 0 spiro atoms. The highest BCUT2D eigenvalue weighted by molar-refractivity contribution is 7.13. The fraction of sp³-hybridized carbons (Fsp3) is 0.600. The van der Waals surface area contributed by atoms with Crippen LogP contribution < -0.4 is 11.1 Å². The van der Waals surface area contributed by atoms with Crippen LogP contribution in [0.5, 0.6) is 0 Å². The smallest absolute Gasteiger partial charge is 0.262 e. The summed E-state index contributed by atoms with van der Waals surface area (Å²) in [5, 5.41) is 15.3. The third-order valence-corrected chi connectivity index (χ3v) is 5.12. The van der Waals surface area contributed by atoms with Crippen LogP contribution in [-0.4, -0.2) is 22.5 Å². The van der Waals surface area contributed by atoms with Crippen LogP contribution in [0.2, 0.25) is 0 Å². The van der Waals surface area contributed by atoms with Crippen molar-refractivity contribution in [2.45, 2.75) is 57.4 Å². The van der Waals surface area contributed by atoms with Crippen LogP contribution in [-0.2, 0) is 0 Å². The number of carbonyl (C=O) groups excluding carboxylic acids is 1. The summed E-state index contributed by atoms with van der Waals surface area (Å²) in [6.07, 6.45) is 6.84. The number of nitrogens with two attached hydrogens (primary N) is 1. The SMILES string of the molecule is Cc1ccc(C(=O)NC2(/C(N)=N/O)CCCCCCC2)s1. The van der Waals surface area contributed by atoms with Gasteiger partial charge in [-0.15, -0.1) is 11.3 Å². The summed E-state index contributed by atoms with van der Waals surface area (Å²) in [6.45, 7) is 1.97. The molecule has 1 aliphatic carbocycles. The molecule has 21 heavy (non-hydrogen) atoms. The van der Waals surface area contributed by atoms with Gasteiger partial charge in [0.25, 0.3) is 5.91 Å². The minimum atomic E-state index is -0.718. The third kappa shape index (κ3) is 3.75. The van der Waals surface area contributed by atoms with E-state index in [2.05, 4.69) is 10.5 Å². The molecular formula is C15H23N3O2S. The zero-order chi connectivity index (χ0) is 15.3. The number of hydrogen-bond donors (Lipinski definition) is 3. The molecule has 6 heteroatoms. The van der Waals surface area contributed by atoms with Crippen LogP contribution in [0, 0.1) is 6.92 Å².